The van der Waals surface area contributed by atoms with Crippen LogP contribution in [0.4, 0.5) is 5.82 Å². The first-order valence-corrected chi connectivity index (χ1v) is 9.18. The minimum absolute atomic E-state index is 0.0914. The van der Waals surface area contributed by atoms with Gasteiger partial charge in [-0.05, 0) is 25.3 Å². The van der Waals surface area contributed by atoms with Crippen molar-refractivity contribution in [2.75, 3.05) is 11.4 Å². The smallest absolute Gasteiger partial charge is 0.270 e. The summed E-state index contributed by atoms with van der Waals surface area (Å²) in [6.45, 7) is 3.67. The van der Waals surface area contributed by atoms with Crippen LogP contribution < -0.4 is 10.2 Å². The number of carbonyl (C=O) groups excluding carboxylic acids is 1. The lowest BCUT2D eigenvalue weighted by Crippen LogP contribution is -2.36. The maximum Gasteiger partial charge on any atom is 0.270 e. The van der Waals surface area contributed by atoms with Crippen molar-refractivity contribution < 1.29 is 4.79 Å². The molecule has 5 nitrogen and oxygen atoms in total. The van der Waals surface area contributed by atoms with Crippen molar-refractivity contribution in [1.29, 1.82) is 0 Å². The van der Waals surface area contributed by atoms with E-state index < -0.39 is 0 Å². The number of benzene rings is 1. The molecule has 2 aromatic rings. The Hall–Kier alpha value is -2.43. The van der Waals surface area contributed by atoms with Gasteiger partial charge in [0.25, 0.3) is 5.91 Å². The third kappa shape index (κ3) is 4.78. The molecule has 25 heavy (non-hydrogen) atoms. The summed E-state index contributed by atoms with van der Waals surface area (Å²) < 4.78 is 0. The van der Waals surface area contributed by atoms with Gasteiger partial charge in [-0.2, -0.15) is 0 Å². The maximum atomic E-state index is 12.5. The molecular formula is C20H26N4O. The predicted octanol–water partition coefficient (Wildman–Crippen LogP) is 3.57. The van der Waals surface area contributed by atoms with Gasteiger partial charge in [-0.1, -0.05) is 49.6 Å². The van der Waals surface area contributed by atoms with Crippen LogP contribution in [-0.4, -0.2) is 28.5 Å². The highest BCUT2D eigenvalue weighted by atomic mass is 16.1. The van der Waals surface area contributed by atoms with Gasteiger partial charge < -0.3 is 10.2 Å². The second kappa shape index (κ2) is 8.60. The lowest BCUT2D eigenvalue weighted by molar-refractivity contribution is 0.0922. The van der Waals surface area contributed by atoms with Crippen molar-refractivity contribution in [3.63, 3.8) is 0 Å². The standard InChI is InChI=1S/C20H26N4O/c1-2-24(14-16-9-5-3-6-10-16)19-13-18(21-15-22-19)20(25)23-17-11-7-4-8-12-17/h3,5-6,9-10,13,15,17H,2,4,7-8,11-12,14H2,1H3,(H,23,25). The third-order valence-electron chi connectivity index (χ3n) is 4.75. The van der Waals surface area contributed by atoms with E-state index in [2.05, 4.69) is 39.2 Å². The Kier molecular flexibility index (Phi) is 5.99. The van der Waals surface area contributed by atoms with Gasteiger partial charge in [0.05, 0.1) is 0 Å². The molecule has 1 aromatic heterocycles. The van der Waals surface area contributed by atoms with Gasteiger partial charge in [0.2, 0.25) is 0 Å². The number of carbonyl (C=O) groups is 1. The number of amides is 1. The molecule has 0 saturated heterocycles. The summed E-state index contributed by atoms with van der Waals surface area (Å²) in [5, 5.41) is 3.12. The van der Waals surface area contributed by atoms with Crippen LogP contribution in [0.2, 0.25) is 0 Å². The van der Waals surface area contributed by atoms with Gasteiger partial charge in [0, 0.05) is 25.2 Å². The summed E-state index contributed by atoms with van der Waals surface area (Å²) in [6, 6.07) is 12.4. The van der Waals surface area contributed by atoms with Crippen molar-refractivity contribution in [1.82, 2.24) is 15.3 Å². The van der Waals surface area contributed by atoms with E-state index in [-0.39, 0.29) is 11.9 Å². The van der Waals surface area contributed by atoms with Crippen LogP contribution in [0, 0.1) is 0 Å². The highest BCUT2D eigenvalue weighted by Crippen LogP contribution is 2.19. The van der Waals surface area contributed by atoms with Crippen molar-refractivity contribution in [2.24, 2.45) is 0 Å². The van der Waals surface area contributed by atoms with Crippen molar-refractivity contribution in [3.05, 3.63) is 54.0 Å². The zero-order chi connectivity index (χ0) is 17.5. The average Bonchev–Trinajstić information content (AvgIpc) is 2.68. The van der Waals surface area contributed by atoms with Gasteiger partial charge in [0.15, 0.2) is 0 Å². The number of nitrogens with one attached hydrogen (secondary N) is 1. The molecule has 0 unspecified atom stereocenters. The summed E-state index contributed by atoms with van der Waals surface area (Å²) in [7, 11) is 0. The summed E-state index contributed by atoms with van der Waals surface area (Å²) in [5.41, 5.74) is 1.67. The highest BCUT2D eigenvalue weighted by Gasteiger charge is 2.18. The molecule has 1 aromatic carbocycles. The number of aromatic nitrogens is 2. The van der Waals surface area contributed by atoms with Crippen LogP contribution in [0.1, 0.15) is 55.1 Å². The van der Waals surface area contributed by atoms with E-state index in [0.717, 1.165) is 31.7 Å². The minimum Gasteiger partial charge on any atom is -0.352 e. The minimum atomic E-state index is -0.0914. The Morgan fingerprint density at radius 3 is 2.64 bits per heavy atom. The molecule has 1 N–H and O–H groups in total. The van der Waals surface area contributed by atoms with E-state index in [1.807, 2.05) is 18.2 Å². The van der Waals surface area contributed by atoms with Crippen molar-refractivity contribution >= 4 is 11.7 Å². The van der Waals surface area contributed by atoms with Gasteiger partial charge in [-0.3, -0.25) is 4.79 Å². The number of hydrogen-bond acceptors (Lipinski definition) is 4. The Morgan fingerprint density at radius 1 is 1.16 bits per heavy atom. The average molecular weight is 338 g/mol. The quantitative estimate of drug-likeness (QED) is 0.875. The van der Waals surface area contributed by atoms with Gasteiger partial charge in [-0.25, -0.2) is 9.97 Å². The van der Waals surface area contributed by atoms with E-state index in [0.29, 0.717) is 5.69 Å². The van der Waals surface area contributed by atoms with Crippen LogP contribution in [0.5, 0.6) is 0 Å². The number of nitrogens with zero attached hydrogens (tertiary/aromatic N) is 3. The largest absolute Gasteiger partial charge is 0.352 e. The van der Waals surface area contributed by atoms with Gasteiger partial charge in [0.1, 0.15) is 17.8 Å². The molecule has 0 radical (unpaired) electrons. The second-order valence-corrected chi connectivity index (χ2v) is 6.57. The van der Waals surface area contributed by atoms with E-state index in [4.69, 9.17) is 0 Å². The number of hydrogen-bond donors (Lipinski definition) is 1. The van der Waals surface area contributed by atoms with Crippen LogP contribution >= 0.6 is 0 Å². The van der Waals surface area contributed by atoms with Crippen LogP contribution in [0.3, 0.4) is 0 Å². The lowest BCUT2D eigenvalue weighted by atomic mass is 9.95. The van der Waals surface area contributed by atoms with Crippen molar-refractivity contribution in [3.8, 4) is 0 Å². The second-order valence-electron chi connectivity index (χ2n) is 6.57. The Labute approximate surface area is 149 Å². The summed E-state index contributed by atoms with van der Waals surface area (Å²) in [6.07, 6.45) is 7.28. The molecule has 5 heteroatoms. The summed E-state index contributed by atoms with van der Waals surface area (Å²) in [4.78, 5) is 23.2. The fourth-order valence-electron chi connectivity index (χ4n) is 3.31. The Morgan fingerprint density at radius 2 is 1.92 bits per heavy atom. The lowest BCUT2D eigenvalue weighted by Gasteiger charge is -2.24. The first-order chi connectivity index (χ1) is 12.3. The first-order valence-electron chi connectivity index (χ1n) is 9.18. The van der Waals surface area contributed by atoms with Gasteiger partial charge in [-0.15, -0.1) is 0 Å². The van der Waals surface area contributed by atoms with E-state index in [1.165, 1.54) is 31.2 Å². The topological polar surface area (TPSA) is 58.1 Å². The molecule has 3 rings (SSSR count). The summed E-state index contributed by atoms with van der Waals surface area (Å²) >= 11 is 0. The van der Waals surface area contributed by atoms with E-state index in [1.54, 1.807) is 6.07 Å². The molecule has 0 bridgehead atoms. The van der Waals surface area contributed by atoms with E-state index >= 15 is 0 Å². The Balaban J connectivity index is 1.69. The Bertz CT molecular complexity index is 683. The van der Waals surface area contributed by atoms with Crippen molar-refractivity contribution in [2.45, 2.75) is 51.6 Å². The zero-order valence-electron chi connectivity index (χ0n) is 14.8. The monoisotopic (exact) mass is 338 g/mol. The molecule has 0 atom stereocenters. The molecule has 1 aliphatic rings. The van der Waals surface area contributed by atoms with Gasteiger partial charge >= 0.3 is 0 Å². The molecule has 1 aliphatic carbocycles. The third-order valence-corrected chi connectivity index (χ3v) is 4.75. The SMILES string of the molecule is CCN(Cc1ccccc1)c1cc(C(=O)NC2CCCCC2)ncn1. The zero-order valence-corrected chi connectivity index (χ0v) is 14.8. The highest BCUT2D eigenvalue weighted by molar-refractivity contribution is 5.93. The predicted molar refractivity (Wildman–Crippen MR) is 99.5 cm³/mol. The molecule has 0 aliphatic heterocycles. The maximum absolute atomic E-state index is 12.5. The first kappa shape index (κ1) is 17.4. The fourth-order valence-corrected chi connectivity index (χ4v) is 3.31. The normalized spacial score (nSPS) is 14.9. The summed E-state index contributed by atoms with van der Waals surface area (Å²) in [5.74, 6) is 0.696. The van der Waals surface area contributed by atoms with Crippen LogP contribution in [0.25, 0.3) is 0 Å². The molecule has 1 saturated carbocycles. The number of anilines is 1. The fraction of sp³-hybridized carbons (Fsp3) is 0.450. The molecule has 1 heterocycles. The number of rotatable bonds is 6. The molecule has 1 fully saturated rings. The molecule has 0 spiro atoms. The molecule has 1 amide bonds. The molecule has 132 valence electrons. The van der Waals surface area contributed by atoms with E-state index in [9.17, 15) is 4.79 Å². The van der Waals surface area contributed by atoms with Crippen LogP contribution in [0.15, 0.2) is 42.7 Å². The molecular weight excluding hydrogens is 312 g/mol. The van der Waals surface area contributed by atoms with Crippen LogP contribution in [-0.2, 0) is 6.54 Å².